The number of halogens is 1. The molecule has 120 valence electrons. The molecule has 0 aliphatic carbocycles. The Morgan fingerprint density at radius 3 is 2.74 bits per heavy atom. The van der Waals surface area contributed by atoms with Crippen molar-refractivity contribution in [2.45, 2.75) is 6.92 Å². The van der Waals surface area contributed by atoms with Gasteiger partial charge in [0.2, 0.25) is 0 Å². The number of hydrogen-bond donors (Lipinski definition) is 1. The number of anilines is 1. The maximum Gasteiger partial charge on any atom is 0.142 e. The van der Waals surface area contributed by atoms with Crippen molar-refractivity contribution in [3.63, 3.8) is 0 Å². The number of aromatic hydroxyl groups is 1. The molecular weight excluding hydrogens is 312 g/mol. The van der Waals surface area contributed by atoms with E-state index in [2.05, 4.69) is 16.0 Å². The van der Waals surface area contributed by atoms with Gasteiger partial charge in [0.1, 0.15) is 5.75 Å². The third-order valence-electron chi connectivity index (χ3n) is 3.81. The highest BCUT2D eigenvalue weighted by Gasteiger charge is 2.14. The third kappa shape index (κ3) is 3.66. The molecule has 0 spiro atoms. The molecule has 1 N–H and O–H groups in total. The Labute approximate surface area is 141 Å². The van der Waals surface area contributed by atoms with E-state index in [0.29, 0.717) is 10.6 Å². The number of ether oxygens (including phenoxy) is 1. The highest BCUT2D eigenvalue weighted by Crippen LogP contribution is 2.31. The number of aliphatic imine (C=N–C) groups is 1. The Morgan fingerprint density at radius 2 is 1.96 bits per heavy atom. The fourth-order valence-electron chi connectivity index (χ4n) is 2.64. The third-order valence-corrected chi connectivity index (χ3v) is 4.10. The second kappa shape index (κ2) is 7.02. The molecule has 1 aliphatic heterocycles. The molecule has 0 saturated carbocycles. The normalized spacial score (nSPS) is 15.3. The van der Waals surface area contributed by atoms with Crippen LogP contribution < -0.4 is 4.90 Å². The van der Waals surface area contributed by atoms with Crippen LogP contribution in [0.5, 0.6) is 5.75 Å². The van der Waals surface area contributed by atoms with Gasteiger partial charge in [-0.1, -0.05) is 23.7 Å². The molecule has 23 heavy (non-hydrogen) atoms. The SMILES string of the molecule is Cc1cc(Cl)c(O)c(C=Nc2ccccc2N2CCOCC2)c1. The van der Waals surface area contributed by atoms with Gasteiger partial charge in [-0.15, -0.1) is 0 Å². The van der Waals surface area contributed by atoms with E-state index in [1.165, 1.54) is 0 Å². The van der Waals surface area contributed by atoms with Crippen LogP contribution in [-0.4, -0.2) is 37.6 Å². The molecule has 0 atom stereocenters. The van der Waals surface area contributed by atoms with Crippen LogP contribution in [0.1, 0.15) is 11.1 Å². The summed E-state index contributed by atoms with van der Waals surface area (Å²) >= 11 is 6.02. The zero-order valence-electron chi connectivity index (χ0n) is 13.0. The first-order valence-electron chi connectivity index (χ1n) is 7.60. The van der Waals surface area contributed by atoms with Gasteiger partial charge in [-0.05, 0) is 36.8 Å². The summed E-state index contributed by atoms with van der Waals surface area (Å²) in [5.41, 5.74) is 3.54. The van der Waals surface area contributed by atoms with E-state index in [4.69, 9.17) is 16.3 Å². The second-order valence-corrected chi connectivity index (χ2v) is 5.94. The maximum atomic E-state index is 10.1. The van der Waals surface area contributed by atoms with Crippen LogP contribution in [-0.2, 0) is 4.74 Å². The van der Waals surface area contributed by atoms with Gasteiger partial charge in [0.25, 0.3) is 0 Å². The molecule has 0 radical (unpaired) electrons. The largest absolute Gasteiger partial charge is 0.506 e. The maximum absolute atomic E-state index is 10.1. The molecular formula is C18H19ClN2O2. The minimum absolute atomic E-state index is 0.0601. The lowest BCUT2D eigenvalue weighted by atomic mass is 10.1. The van der Waals surface area contributed by atoms with Crippen molar-refractivity contribution in [1.82, 2.24) is 0 Å². The fourth-order valence-corrected chi connectivity index (χ4v) is 2.93. The van der Waals surface area contributed by atoms with E-state index in [9.17, 15) is 5.11 Å². The molecule has 1 aliphatic rings. The average molecular weight is 331 g/mol. The van der Waals surface area contributed by atoms with E-state index in [1.54, 1.807) is 12.3 Å². The van der Waals surface area contributed by atoms with E-state index in [-0.39, 0.29) is 5.75 Å². The van der Waals surface area contributed by atoms with E-state index in [1.807, 2.05) is 31.2 Å². The number of hydrogen-bond acceptors (Lipinski definition) is 4. The van der Waals surface area contributed by atoms with Crippen molar-refractivity contribution < 1.29 is 9.84 Å². The summed E-state index contributed by atoms with van der Waals surface area (Å²) in [5.74, 6) is 0.0601. The zero-order chi connectivity index (χ0) is 16.2. The number of phenols is 1. The van der Waals surface area contributed by atoms with Gasteiger partial charge in [-0.25, -0.2) is 0 Å². The molecule has 5 heteroatoms. The van der Waals surface area contributed by atoms with Crippen LogP contribution in [0.15, 0.2) is 41.4 Å². The number of rotatable bonds is 3. The van der Waals surface area contributed by atoms with Crippen molar-refractivity contribution in [3.05, 3.63) is 52.5 Å². The molecule has 1 heterocycles. The molecule has 0 aromatic heterocycles. The summed E-state index contributed by atoms with van der Waals surface area (Å²) in [6.45, 7) is 5.10. The average Bonchev–Trinajstić information content (AvgIpc) is 2.58. The standard InChI is InChI=1S/C18H19ClN2O2/c1-13-10-14(18(22)15(19)11-13)12-20-16-4-2-3-5-17(16)21-6-8-23-9-7-21/h2-5,10-12,22H,6-9H2,1H3. The van der Waals surface area contributed by atoms with Gasteiger partial charge in [0.05, 0.1) is 29.6 Å². The Morgan fingerprint density at radius 1 is 1.22 bits per heavy atom. The predicted molar refractivity (Wildman–Crippen MR) is 94.6 cm³/mol. The topological polar surface area (TPSA) is 45.1 Å². The lowest BCUT2D eigenvalue weighted by Crippen LogP contribution is -2.36. The van der Waals surface area contributed by atoms with Crippen molar-refractivity contribution in [1.29, 1.82) is 0 Å². The predicted octanol–water partition coefficient (Wildman–Crippen LogP) is 3.94. The molecule has 1 saturated heterocycles. The molecule has 2 aromatic rings. The number of para-hydroxylation sites is 2. The van der Waals surface area contributed by atoms with Gasteiger partial charge in [0, 0.05) is 24.9 Å². The number of phenolic OH excluding ortho intramolecular Hbond substituents is 1. The highest BCUT2D eigenvalue weighted by molar-refractivity contribution is 6.32. The summed E-state index contributed by atoms with van der Waals surface area (Å²) in [7, 11) is 0. The van der Waals surface area contributed by atoms with Crippen molar-refractivity contribution in [3.8, 4) is 5.75 Å². The highest BCUT2D eigenvalue weighted by atomic mass is 35.5. The molecule has 0 amide bonds. The van der Waals surface area contributed by atoms with Crippen LogP contribution in [0.3, 0.4) is 0 Å². The molecule has 4 nitrogen and oxygen atoms in total. The first kappa shape index (κ1) is 15.8. The summed E-state index contributed by atoms with van der Waals surface area (Å²) < 4.78 is 5.40. The minimum atomic E-state index is 0.0601. The van der Waals surface area contributed by atoms with Crippen LogP contribution in [0.25, 0.3) is 0 Å². The first-order valence-corrected chi connectivity index (χ1v) is 7.98. The van der Waals surface area contributed by atoms with Gasteiger partial charge < -0.3 is 14.7 Å². The van der Waals surface area contributed by atoms with Gasteiger partial charge >= 0.3 is 0 Å². The summed E-state index contributed by atoms with van der Waals surface area (Å²) in [5, 5.41) is 10.4. The Hall–Kier alpha value is -2.04. The molecule has 3 rings (SSSR count). The van der Waals surface area contributed by atoms with Crippen LogP contribution in [0.2, 0.25) is 5.02 Å². The quantitative estimate of drug-likeness (QED) is 0.867. The lowest BCUT2D eigenvalue weighted by Gasteiger charge is -2.29. The van der Waals surface area contributed by atoms with E-state index < -0.39 is 0 Å². The Kier molecular flexibility index (Phi) is 4.84. The monoisotopic (exact) mass is 330 g/mol. The number of benzene rings is 2. The molecule has 2 aromatic carbocycles. The smallest absolute Gasteiger partial charge is 0.142 e. The van der Waals surface area contributed by atoms with Gasteiger partial charge in [-0.2, -0.15) is 0 Å². The summed E-state index contributed by atoms with van der Waals surface area (Å²) in [6.07, 6.45) is 1.66. The number of aryl methyl sites for hydroxylation is 1. The molecule has 1 fully saturated rings. The minimum Gasteiger partial charge on any atom is -0.506 e. The summed E-state index contributed by atoms with van der Waals surface area (Å²) in [6, 6.07) is 11.6. The number of nitrogens with zero attached hydrogens (tertiary/aromatic N) is 2. The second-order valence-electron chi connectivity index (χ2n) is 5.53. The molecule has 0 bridgehead atoms. The van der Waals surface area contributed by atoms with E-state index >= 15 is 0 Å². The Balaban J connectivity index is 1.91. The van der Waals surface area contributed by atoms with Crippen molar-refractivity contribution >= 4 is 29.2 Å². The van der Waals surface area contributed by atoms with Crippen molar-refractivity contribution in [2.75, 3.05) is 31.2 Å². The fraction of sp³-hybridized carbons (Fsp3) is 0.278. The Bertz CT molecular complexity index is 725. The first-order chi connectivity index (χ1) is 11.1. The van der Waals surface area contributed by atoms with Gasteiger partial charge in [-0.3, -0.25) is 4.99 Å². The van der Waals surface area contributed by atoms with Gasteiger partial charge in [0.15, 0.2) is 0 Å². The number of morpholine rings is 1. The van der Waals surface area contributed by atoms with Crippen LogP contribution in [0, 0.1) is 6.92 Å². The zero-order valence-corrected chi connectivity index (χ0v) is 13.8. The van der Waals surface area contributed by atoms with Crippen molar-refractivity contribution in [2.24, 2.45) is 4.99 Å². The van der Waals surface area contributed by atoms with E-state index in [0.717, 1.165) is 43.2 Å². The summed E-state index contributed by atoms with van der Waals surface area (Å²) in [4.78, 5) is 6.83. The lowest BCUT2D eigenvalue weighted by molar-refractivity contribution is 0.123. The molecule has 0 unspecified atom stereocenters. The van der Waals surface area contributed by atoms with Crippen LogP contribution >= 0.6 is 11.6 Å². The van der Waals surface area contributed by atoms with Crippen LogP contribution in [0.4, 0.5) is 11.4 Å².